The predicted molar refractivity (Wildman–Crippen MR) is 76.7 cm³/mol. The second-order valence-electron chi connectivity index (χ2n) is 4.97. The lowest BCUT2D eigenvalue weighted by Gasteiger charge is -2.43. The van der Waals surface area contributed by atoms with E-state index in [0.29, 0.717) is 0 Å². The number of carbonyl (C=O) groups excluding carboxylic acids is 1. The lowest BCUT2D eigenvalue weighted by molar-refractivity contribution is -0.135. The molecule has 1 amide bonds. The van der Waals surface area contributed by atoms with Crippen LogP contribution in [0.4, 0.5) is 0 Å². The van der Waals surface area contributed by atoms with E-state index in [9.17, 15) is 10.1 Å². The molecule has 1 aromatic rings. The van der Waals surface area contributed by atoms with Crippen molar-refractivity contribution < 1.29 is 4.79 Å². The van der Waals surface area contributed by atoms with Crippen molar-refractivity contribution in [1.29, 1.82) is 5.26 Å². The zero-order chi connectivity index (χ0) is 13.9. The van der Waals surface area contributed by atoms with Gasteiger partial charge in [0.2, 0.25) is 5.91 Å². The smallest absolute Gasteiger partial charge is 0.236 e. The number of benzene rings is 1. The third-order valence-corrected chi connectivity index (χ3v) is 4.86. The van der Waals surface area contributed by atoms with Gasteiger partial charge in [-0.15, -0.1) is 11.8 Å². The molecule has 1 atom stereocenters. The van der Waals surface area contributed by atoms with E-state index in [1.165, 1.54) is 0 Å². The Morgan fingerprint density at radius 2 is 2.05 bits per heavy atom. The lowest BCUT2D eigenvalue weighted by atomic mass is 9.76. The molecule has 1 aliphatic rings. The maximum Gasteiger partial charge on any atom is 0.236 e. The third kappa shape index (κ3) is 2.76. The predicted octanol–water partition coefficient (Wildman–Crippen LogP) is 3.07. The Hall–Kier alpha value is -1.47. The van der Waals surface area contributed by atoms with Gasteiger partial charge in [-0.25, -0.2) is 0 Å². The Bertz CT molecular complexity index is 491. The van der Waals surface area contributed by atoms with Crippen LogP contribution < -0.4 is 0 Å². The molecule has 19 heavy (non-hydrogen) atoms. The van der Waals surface area contributed by atoms with Gasteiger partial charge < -0.3 is 4.90 Å². The number of rotatable bonds is 4. The fraction of sp³-hybridized carbons (Fsp3) is 0.467. The normalized spacial score (nSPS) is 17.9. The van der Waals surface area contributed by atoms with Crippen LogP contribution >= 0.6 is 11.8 Å². The van der Waals surface area contributed by atoms with Crippen LogP contribution in [-0.2, 0) is 4.79 Å². The first-order chi connectivity index (χ1) is 9.09. The summed E-state index contributed by atoms with van der Waals surface area (Å²) < 4.78 is 0. The molecule has 0 aromatic heterocycles. The van der Waals surface area contributed by atoms with Crippen molar-refractivity contribution in [3.63, 3.8) is 0 Å². The zero-order valence-corrected chi connectivity index (χ0v) is 12.1. The van der Waals surface area contributed by atoms with E-state index in [0.717, 1.165) is 24.2 Å². The van der Waals surface area contributed by atoms with Crippen molar-refractivity contribution in [2.24, 2.45) is 0 Å². The average molecular weight is 274 g/mol. The number of hydrogen-bond donors (Lipinski definition) is 0. The Morgan fingerprint density at radius 1 is 1.42 bits per heavy atom. The zero-order valence-electron chi connectivity index (χ0n) is 11.3. The molecule has 0 heterocycles. The molecule has 1 saturated carbocycles. The largest absolute Gasteiger partial charge is 0.326 e. The maximum atomic E-state index is 12.4. The highest BCUT2D eigenvalue weighted by atomic mass is 32.2. The van der Waals surface area contributed by atoms with Crippen molar-refractivity contribution in [3.05, 3.63) is 30.3 Å². The van der Waals surface area contributed by atoms with Gasteiger partial charge in [-0.3, -0.25) is 4.79 Å². The quantitative estimate of drug-likeness (QED) is 0.793. The summed E-state index contributed by atoms with van der Waals surface area (Å²) in [6, 6.07) is 12.2. The first-order valence-corrected chi connectivity index (χ1v) is 7.38. The Balaban J connectivity index is 2.01. The van der Waals surface area contributed by atoms with E-state index in [2.05, 4.69) is 6.07 Å². The van der Waals surface area contributed by atoms with Gasteiger partial charge in [0.25, 0.3) is 0 Å². The van der Waals surface area contributed by atoms with Crippen molar-refractivity contribution in [2.45, 2.75) is 41.9 Å². The summed E-state index contributed by atoms with van der Waals surface area (Å²) in [6.07, 6.45) is 2.63. The topological polar surface area (TPSA) is 44.1 Å². The Kier molecular flexibility index (Phi) is 4.16. The first kappa shape index (κ1) is 14.0. The van der Waals surface area contributed by atoms with Crippen LogP contribution in [0.2, 0.25) is 0 Å². The molecule has 4 heteroatoms. The molecule has 3 nitrogen and oxygen atoms in total. The molecule has 100 valence electrons. The van der Waals surface area contributed by atoms with Gasteiger partial charge in [-0.05, 0) is 38.3 Å². The van der Waals surface area contributed by atoms with Crippen LogP contribution in [-0.4, -0.2) is 28.6 Å². The van der Waals surface area contributed by atoms with Gasteiger partial charge in [-0.1, -0.05) is 18.2 Å². The van der Waals surface area contributed by atoms with Crippen molar-refractivity contribution in [3.8, 4) is 6.07 Å². The minimum Gasteiger partial charge on any atom is -0.326 e. The summed E-state index contributed by atoms with van der Waals surface area (Å²) in [4.78, 5) is 15.1. The summed E-state index contributed by atoms with van der Waals surface area (Å²) in [5.74, 6) is 0.0371. The highest BCUT2D eigenvalue weighted by molar-refractivity contribution is 8.00. The molecule has 0 aliphatic heterocycles. The number of nitrogens with zero attached hydrogens (tertiary/aromatic N) is 2. The Morgan fingerprint density at radius 3 is 2.53 bits per heavy atom. The second-order valence-corrected chi connectivity index (χ2v) is 6.38. The van der Waals surface area contributed by atoms with Gasteiger partial charge in [0.1, 0.15) is 5.54 Å². The van der Waals surface area contributed by atoms with Crippen LogP contribution in [0.1, 0.15) is 26.2 Å². The SMILES string of the molecule is CC(Sc1ccccc1)C(=O)N(C)C1(C#N)CCC1. The molecule has 0 saturated heterocycles. The third-order valence-electron chi connectivity index (χ3n) is 3.77. The minimum atomic E-state index is -0.553. The standard InChI is InChI=1S/C15H18N2OS/c1-12(19-13-7-4-3-5-8-13)14(18)17(2)15(11-16)9-6-10-15/h3-5,7-8,12H,6,9-10H2,1-2H3. The maximum absolute atomic E-state index is 12.4. The van der Waals surface area contributed by atoms with Crippen LogP contribution in [0.5, 0.6) is 0 Å². The molecule has 0 spiro atoms. The van der Waals surface area contributed by atoms with Crippen molar-refractivity contribution >= 4 is 17.7 Å². The van der Waals surface area contributed by atoms with E-state index >= 15 is 0 Å². The van der Waals surface area contributed by atoms with Gasteiger partial charge in [-0.2, -0.15) is 5.26 Å². The molecule has 1 fully saturated rings. The molecule has 1 unspecified atom stereocenters. The second kappa shape index (κ2) is 5.66. The van der Waals surface area contributed by atoms with Gasteiger partial charge in [0, 0.05) is 11.9 Å². The van der Waals surface area contributed by atoms with Gasteiger partial charge in [0.05, 0.1) is 11.3 Å². The summed E-state index contributed by atoms with van der Waals surface area (Å²) in [5, 5.41) is 9.11. The van der Waals surface area contributed by atoms with Crippen LogP contribution in [0.15, 0.2) is 35.2 Å². The van der Waals surface area contributed by atoms with Crippen LogP contribution in [0.3, 0.4) is 0 Å². The minimum absolute atomic E-state index is 0.0371. The average Bonchev–Trinajstić information content (AvgIpc) is 2.38. The number of hydrogen-bond acceptors (Lipinski definition) is 3. The summed E-state index contributed by atoms with van der Waals surface area (Å²) >= 11 is 1.54. The lowest BCUT2D eigenvalue weighted by Crippen LogP contribution is -2.55. The van der Waals surface area contributed by atoms with Crippen LogP contribution in [0.25, 0.3) is 0 Å². The molecule has 1 aliphatic carbocycles. The van der Waals surface area contributed by atoms with Crippen molar-refractivity contribution in [1.82, 2.24) is 4.90 Å². The molecule has 0 radical (unpaired) electrons. The number of thioether (sulfide) groups is 1. The van der Waals surface area contributed by atoms with Gasteiger partial charge in [0.15, 0.2) is 0 Å². The summed E-state index contributed by atoms with van der Waals surface area (Å²) in [7, 11) is 1.76. The summed E-state index contributed by atoms with van der Waals surface area (Å²) in [6.45, 7) is 1.90. The number of amides is 1. The summed E-state index contributed by atoms with van der Waals surface area (Å²) in [5.41, 5.74) is -0.553. The van der Waals surface area contributed by atoms with E-state index in [-0.39, 0.29) is 11.2 Å². The molecule has 1 aromatic carbocycles. The highest BCUT2D eigenvalue weighted by Crippen LogP contribution is 2.37. The monoisotopic (exact) mass is 274 g/mol. The molecule has 0 N–H and O–H groups in total. The number of nitriles is 1. The fourth-order valence-electron chi connectivity index (χ4n) is 2.27. The fourth-order valence-corrected chi connectivity index (χ4v) is 3.25. The van der Waals surface area contributed by atoms with Crippen LogP contribution in [0, 0.1) is 11.3 Å². The molecule has 0 bridgehead atoms. The van der Waals surface area contributed by atoms with Gasteiger partial charge >= 0.3 is 0 Å². The van der Waals surface area contributed by atoms with E-state index in [1.54, 1.807) is 23.7 Å². The van der Waals surface area contributed by atoms with Crippen molar-refractivity contribution in [2.75, 3.05) is 7.05 Å². The molecular weight excluding hydrogens is 256 g/mol. The van der Waals surface area contributed by atoms with E-state index < -0.39 is 5.54 Å². The highest BCUT2D eigenvalue weighted by Gasteiger charge is 2.44. The van der Waals surface area contributed by atoms with E-state index in [1.807, 2.05) is 37.3 Å². The molecular formula is C15H18N2OS. The van der Waals surface area contributed by atoms with E-state index in [4.69, 9.17) is 0 Å². The first-order valence-electron chi connectivity index (χ1n) is 6.50. The number of carbonyl (C=O) groups is 1. The Labute approximate surface area is 118 Å². The molecule has 2 rings (SSSR count).